The largest absolute Gasteiger partial charge is 0.282 e. The van der Waals surface area contributed by atoms with Crippen LogP contribution in [0.25, 0.3) is 22.5 Å². The molecule has 0 saturated heterocycles. The Morgan fingerprint density at radius 2 is 0.938 bits per heavy atom. The zero-order valence-corrected chi connectivity index (χ0v) is 19.2. The first-order valence-electron chi connectivity index (χ1n) is 11.3. The van der Waals surface area contributed by atoms with Crippen molar-refractivity contribution in [2.24, 2.45) is 0 Å². The number of rotatable bonds is 7. The Kier molecular flexibility index (Phi) is 6.04. The molecule has 4 rings (SSSR count). The molecule has 0 spiro atoms. The van der Waals surface area contributed by atoms with E-state index < -0.39 is 0 Å². The van der Waals surface area contributed by atoms with Crippen molar-refractivity contribution in [2.75, 3.05) is 0 Å². The maximum atomic E-state index is 13.8. The van der Waals surface area contributed by atoms with Crippen molar-refractivity contribution in [3.8, 4) is 22.5 Å². The summed E-state index contributed by atoms with van der Waals surface area (Å²) in [5.74, 6) is 0. The lowest BCUT2D eigenvalue weighted by atomic mass is 10.1. The zero-order valence-electron chi connectivity index (χ0n) is 19.2. The summed E-state index contributed by atoms with van der Waals surface area (Å²) in [7, 11) is 0. The van der Waals surface area contributed by atoms with Crippen LogP contribution < -0.4 is 11.1 Å². The topological polar surface area (TPSA) is 53.9 Å². The second-order valence-corrected chi connectivity index (χ2v) is 8.07. The van der Waals surface area contributed by atoms with Crippen molar-refractivity contribution < 1.29 is 0 Å². The molecule has 0 bridgehead atoms. The predicted octanol–water partition coefficient (Wildman–Crippen LogP) is 4.70. The van der Waals surface area contributed by atoms with Crippen LogP contribution in [-0.2, 0) is 13.1 Å². The summed E-state index contributed by atoms with van der Waals surface area (Å²) in [4.78, 5) is 27.6. The number of benzene rings is 2. The van der Waals surface area contributed by atoms with Gasteiger partial charge in [-0.15, -0.1) is 0 Å². The van der Waals surface area contributed by atoms with E-state index in [4.69, 9.17) is 0 Å². The van der Waals surface area contributed by atoms with Gasteiger partial charge in [-0.2, -0.15) is 0 Å². The molecular weight excluding hydrogens is 400 g/mol. The van der Waals surface area contributed by atoms with Gasteiger partial charge >= 0.3 is 0 Å². The second-order valence-electron chi connectivity index (χ2n) is 8.07. The summed E-state index contributed by atoms with van der Waals surface area (Å²) in [5.41, 5.74) is 3.90. The van der Waals surface area contributed by atoms with Gasteiger partial charge in [0.1, 0.15) is 0 Å². The van der Waals surface area contributed by atoms with Crippen molar-refractivity contribution in [1.82, 2.24) is 18.7 Å². The Morgan fingerprint density at radius 3 is 1.25 bits per heavy atom. The fourth-order valence-electron chi connectivity index (χ4n) is 4.49. The molecule has 0 fully saturated rings. The first kappa shape index (κ1) is 21.7. The third-order valence-corrected chi connectivity index (χ3v) is 5.92. The van der Waals surface area contributed by atoms with Gasteiger partial charge in [-0.3, -0.25) is 19.0 Å². The third kappa shape index (κ3) is 3.45. The van der Waals surface area contributed by atoms with Gasteiger partial charge in [0.15, 0.2) is 0 Å². The highest BCUT2D eigenvalue weighted by atomic mass is 16.1. The Morgan fingerprint density at radius 1 is 0.594 bits per heavy atom. The standard InChI is InChI=1S/C26H30N4O2/c1-5-17-27-19(3)23(25(31)29(27)21-13-9-7-10-14-21)24-20(4)28(18-6-2)30(26(24)32)22-15-11-8-12-16-22/h7-16H,5-6,17-18H2,1-4H3. The lowest BCUT2D eigenvalue weighted by molar-refractivity contribution is 0.523. The summed E-state index contributed by atoms with van der Waals surface area (Å²) in [6.07, 6.45) is 1.76. The fourth-order valence-corrected chi connectivity index (χ4v) is 4.49. The van der Waals surface area contributed by atoms with Gasteiger partial charge in [-0.1, -0.05) is 50.2 Å². The maximum Gasteiger partial charge on any atom is 0.279 e. The van der Waals surface area contributed by atoms with Crippen LogP contribution in [0.1, 0.15) is 38.1 Å². The predicted molar refractivity (Wildman–Crippen MR) is 129 cm³/mol. The summed E-state index contributed by atoms with van der Waals surface area (Å²) in [6.45, 7) is 9.44. The number of hydrogen-bond donors (Lipinski definition) is 0. The van der Waals surface area contributed by atoms with Crippen LogP contribution in [0.4, 0.5) is 0 Å². The molecule has 6 nitrogen and oxygen atoms in total. The number of hydrogen-bond acceptors (Lipinski definition) is 2. The van der Waals surface area contributed by atoms with E-state index in [1.54, 1.807) is 9.36 Å². The van der Waals surface area contributed by atoms with Crippen molar-refractivity contribution >= 4 is 0 Å². The molecule has 0 aliphatic rings. The molecule has 0 saturated carbocycles. The number of para-hydroxylation sites is 2. The second kappa shape index (κ2) is 8.91. The lowest BCUT2D eigenvalue weighted by Crippen LogP contribution is -2.24. The average Bonchev–Trinajstić information content (AvgIpc) is 3.19. The molecule has 4 aromatic rings. The first-order chi connectivity index (χ1) is 15.5. The van der Waals surface area contributed by atoms with Gasteiger partial charge < -0.3 is 0 Å². The van der Waals surface area contributed by atoms with Gasteiger partial charge in [0.25, 0.3) is 11.1 Å². The van der Waals surface area contributed by atoms with Crippen LogP contribution >= 0.6 is 0 Å². The highest BCUT2D eigenvalue weighted by Gasteiger charge is 2.27. The zero-order chi connectivity index (χ0) is 22.8. The minimum Gasteiger partial charge on any atom is -0.282 e. The Bertz CT molecular complexity index is 1230. The van der Waals surface area contributed by atoms with Crippen LogP contribution in [-0.4, -0.2) is 18.7 Å². The third-order valence-electron chi connectivity index (χ3n) is 5.92. The molecule has 2 heterocycles. The summed E-state index contributed by atoms with van der Waals surface area (Å²) in [6, 6.07) is 19.3. The van der Waals surface area contributed by atoms with E-state index in [2.05, 4.69) is 13.8 Å². The van der Waals surface area contributed by atoms with Gasteiger partial charge in [0.2, 0.25) is 0 Å². The molecule has 2 aromatic heterocycles. The van der Waals surface area contributed by atoms with Crippen LogP contribution in [0, 0.1) is 13.8 Å². The van der Waals surface area contributed by atoms with E-state index in [0.717, 1.165) is 35.6 Å². The fraction of sp³-hybridized carbons (Fsp3) is 0.308. The smallest absolute Gasteiger partial charge is 0.279 e. The Balaban J connectivity index is 2.06. The number of nitrogens with zero attached hydrogens (tertiary/aromatic N) is 4. The molecular formula is C26H30N4O2. The van der Waals surface area contributed by atoms with Crippen molar-refractivity contribution in [1.29, 1.82) is 0 Å². The van der Waals surface area contributed by atoms with Crippen LogP contribution in [0.5, 0.6) is 0 Å². The molecule has 0 N–H and O–H groups in total. The SMILES string of the molecule is CCCn1c(C)c(-c2c(C)n(CCC)n(-c3ccccc3)c2=O)c(=O)n1-c1ccccc1. The molecule has 32 heavy (non-hydrogen) atoms. The van der Waals surface area contributed by atoms with E-state index in [-0.39, 0.29) is 11.1 Å². The highest BCUT2D eigenvalue weighted by molar-refractivity contribution is 5.68. The van der Waals surface area contributed by atoms with E-state index in [1.165, 1.54) is 0 Å². The summed E-state index contributed by atoms with van der Waals surface area (Å²) in [5, 5.41) is 0. The minimum absolute atomic E-state index is 0.156. The lowest BCUT2D eigenvalue weighted by Gasteiger charge is -2.12. The van der Waals surface area contributed by atoms with E-state index in [9.17, 15) is 9.59 Å². The molecule has 2 aromatic carbocycles. The number of aromatic nitrogens is 4. The molecule has 0 unspecified atom stereocenters. The summed E-state index contributed by atoms with van der Waals surface area (Å²) >= 11 is 0. The van der Waals surface area contributed by atoms with E-state index in [1.807, 2.05) is 83.9 Å². The average molecular weight is 431 g/mol. The molecule has 0 amide bonds. The van der Waals surface area contributed by atoms with Crippen LogP contribution in [0.3, 0.4) is 0 Å². The molecule has 0 aliphatic heterocycles. The Hall–Kier alpha value is -3.54. The van der Waals surface area contributed by atoms with Gasteiger partial charge in [0.05, 0.1) is 22.5 Å². The molecule has 0 radical (unpaired) electrons. The first-order valence-corrected chi connectivity index (χ1v) is 11.3. The molecule has 166 valence electrons. The highest BCUT2D eigenvalue weighted by Crippen LogP contribution is 2.25. The van der Waals surface area contributed by atoms with Crippen LogP contribution in [0.15, 0.2) is 70.3 Å². The van der Waals surface area contributed by atoms with Gasteiger partial charge in [-0.05, 0) is 51.0 Å². The molecule has 0 aliphatic carbocycles. The minimum atomic E-state index is -0.156. The van der Waals surface area contributed by atoms with E-state index in [0.29, 0.717) is 24.2 Å². The maximum absolute atomic E-state index is 13.8. The Labute approximate surface area is 187 Å². The van der Waals surface area contributed by atoms with E-state index >= 15 is 0 Å². The van der Waals surface area contributed by atoms with Gasteiger partial charge in [-0.25, -0.2) is 9.36 Å². The quantitative estimate of drug-likeness (QED) is 0.427. The van der Waals surface area contributed by atoms with Gasteiger partial charge in [0, 0.05) is 24.5 Å². The summed E-state index contributed by atoms with van der Waals surface area (Å²) < 4.78 is 7.40. The monoisotopic (exact) mass is 430 g/mol. The van der Waals surface area contributed by atoms with Crippen LogP contribution in [0.2, 0.25) is 0 Å². The normalized spacial score (nSPS) is 11.2. The van der Waals surface area contributed by atoms with Crippen molar-refractivity contribution in [3.63, 3.8) is 0 Å². The van der Waals surface area contributed by atoms with Crippen molar-refractivity contribution in [2.45, 2.75) is 53.6 Å². The van der Waals surface area contributed by atoms with Crippen molar-refractivity contribution in [3.05, 3.63) is 92.8 Å². The molecule has 0 atom stereocenters. The molecule has 6 heteroatoms.